The van der Waals surface area contributed by atoms with Crippen LogP contribution in [0.25, 0.3) is 0 Å². The quantitative estimate of drug-likeness (QED) is 0.603. The zero-order valence-electron chi connectivity index (χ0n) is 9.50. The third-order valence-corrected chi connectivity index (χ3v) is 3.30. The molecule has 16 heavy (non-hydrogen) atoms. The zero-order valence-corrected chi connectivity index (χ0v) is 9.50. The Labute approximate surface area is 95.5 Å². The van der Waals surface area contributed by atoms with Gasteiger partial charge in [0.1, 0.15) is 5.60 Å². The fraction of sp³-hybridized carbons (Fsp3) is 0.909. The van der Waals surface area contributed by atoms with Crippen LogP contribution in [0.1, 0.15) is 25.7 Å². The first kappa shape index (κ1) is 11.8. The van der Waals surface area contributed by atoms with Gasteiger partial charge in [-0.25, -0.2) is 0 Å². The Morgan fingerprint density at radius 3 is 3.06 bits per heavy atom. The standard InChI is InChI=1S/C11H20N2O3/c14-10(9-3-1-2-5-12-9)13-7-11(15)4-6-16-8-11/h9,12,15H,1-8H2,(H,13,14)/t9-,11?/m0/s1. The second-order valence-corrected chi connectivity index (χ2v) is 4.75. The Hall–Kier alpha value is -0.650. The molecular formula is C11H20N2O3. The number of rotatable bonds is 3. The smallest absolute Gasteiger partial charge is 0.237 e. The topological polar surface area (TPSA) is 70.6 Å². The minimum absolute atomic E-state index is 0.0000231. The van der Waals surface area contributed by atoms with Gasteiger partial charge in [0, 0.05) is 19.6 Å². The number of amides is 1. The minimum Gasteiger partial charge on any atom is -0.386 e. The molecule has 0 aliphatic carbocycles. The fourth-order valence-corrected chi connectivity index (χ4v) is 2.19. The molecule has 1 unspecified atom stereocenters. The summed E-state index contributed by atoms with van der Waals surface area (Å²) in [5.41, 5.74) is -0.857. The fourth-order valence-electron chi connectivity index (χ4n) is 2.19. The largest absolute Gasteiger partial charge is 0.386 e. The van der Waals surface area contributed by atoms with E-state index in [4.69, 9.17) is 4.74 Å². The van der Waals surface area contributed by atoms with Crippen molar-refractivity contribution in [2.24, 2.45) is 0 Å². The van der Waals surface area contributed by atoms with Crippen molar-refractivity contribution >= 4 is 5.91 Å². The molecule has 2 saturated heterocycles. The predicted molar refractivity (Wildman–Crippen MR) is 59.0 cm³/mol. The molecule has 1 amide bonds. The molecule has 0 aromatic heterocycles. The van der Waals surface area contributed by atoms with E-state index in [9.17, 15) is 9.90 Å². The molecule has 0 aromatic rings. The molecule has 2 rings (SSSR count). The number of hydrogen-bond acceptors (Lipinski definition) is 4. The molecule has 0 aromatic carbocycles. The van der Waals surface area contributed by atoms with Gasteiger partial charge in [0.2, 0.25) is 5.91 Å². The van der Waals surface area contributed by atoms with Gasteiger partial charge in [0.15, 0.2) is 0 Å². The van der Waals surface area contributed by atoms with Gasteiger partial charge in [0.05, 0.1) is 12.6 Å². The number of nitrogens with one attached hydrogen (secondary N) is 2. The van der Waals surface area contributed by atoms with E-state index in [1.807, 2.05) is 0 Å². The third kappa shape index (κ3) is 2.93. The van der Waals surface area contributed by atoms with Crippen LogP contribution < -0.4 is 10.6 Å². The lowest BCUT2D eigenvalue weighted by Gasteiger charge is -2.25. The van der Waals surface area contributed by atoms with E-state index < -0.39 is 5.60 Å². The summed E-state index contributed by atoms with van der Waals surface area (Å²) in [5, 5.41) is 16.0. The summed E-state index contributed by atoms with van der Waals surface area (Å²) in [4.78, 5) is 11.8. The van der Waals surface area contributed by atoms with E-state index in [0.717, 1.165) is 25.8 Å². The van der Waals surface area contributed by atoms with Gasteiger partial charge in [-0.1, -0.05) is 6.42 Å². The summed E-state index contributed by atoms with van der Waals surface area (Å²) in [5.74, 6) is 0.0000231. The lowest BCUT2D eigenvalue weighted by atomic mass is 10.0. The predicted octanol–water partition coefficient (Wildman–Crippen LogP) is -0.604. The van der Waals surface area contributed by atoms with E-state index in [2.05, 4.69) is 10.6 Å². The summed E-state index contributed by atoms with van der Waals surface area (Å²) in [6.07, 6.45) is 3.73. The lowest BCUT2D eigenvalue weighted by Crippen LogP contribution is -2.51. The van der Waals surface area contributed by atoms with Crippen LogP contribution in [0.4, 0.5) is 0 Å². The highest BCUT2D eigenvalue weighted by molar-refractivity contribution is 5.81. The van der Waals surface area contributed by atoms with Gasteiger partial charge in [-0.2, -0.15) is 0 Å². The van der Waals surface area contributed by atoms with E-state index >= 15 is 0 Å². The van der Waals surface area contributed by atoms with Crippen LogP contribution in [0.2, 0.25) is 0 Å². The third-order valence-electron chi connectivity index (χ3n) is 3.30. The highest BCUT2D eigenvalue weighted by Crippen LogP contribution is 2.17. The summed E-state index contributed by atoms with van der Waals surface area (Å²) >= 11 is 0. The van der Waals surface area contributed by atoms with Crippen molar-refractivity contribution in [2.45, 2.75) is 37.3 Å². The molecule has 0 bridgehead atoms. The molecule has 2 fully saturated rings. The van der Waals surface area contributed by atoms with E-state index in [0.29, 0.717) is 26.2 Å². The van der Waals surface area contributed by atoms with Crippen molar-refractivity contribution in [1.82, 2.24) is 10.6 Å². The molecule has 2 atom stereocenters. The second kappa shape index (κ2) is 5.12. The maximum atomic E-state index is 11.8. The zero-order chi connectivity index (χ0) is 11.4. The molecule has 5 nitrogen and oxygen atoms in total. The molecular weight excluding hydrogens is 208 g/mol. The van der Waals surface area contributed by atoms with Gasteiger partial charge >= 0.3 is 0 Å². The van der Waals surface area contributed by atoms with Crippen LogP contribution in [0.15, 0.2) is 0 Å². The first-order valence-corrected chi connectivity index (χ1v) is 6.01. The molecule has 2 heterocycles. The number of hydrogen-bond donors (Lipinski definition) is 3. The van der Waals surface area contributed by atoms with Crippen LogP contribution in [-0.2, 0) is 9.53 Å². The Kier molecular flexibility index (Phi) is 3.78. The first-order chi connectivity index (χ1) is 7.70. The van der Waals surface area contributed by atoms with Crippen LogP contribution >= 0.6 is 0 Å². The summed E-state index contributed by atoms with van der Waals surface area (Å²) in [6, 6.07) is -0.0836. The average molecular weight is 228 g/mol. The highest BCUT2D eigenvalue weighted by Gasteiger charge is 2.33. The van der Waals surface area contributed by atoms with Crippen LogP contribution in [0, 0.1) is 0 Å². The van der Waals surface area contributed by atoms with Gasteiger partial charge in [-0.15, -0.1) is 0 Å². The van der Waals surface area contributed by atoms with Gasteiger partial charge in [-0.05, 0) is 19.4 Å². The number of piperidine rings is 1. The van der Waals surface area contributed by atoms with Gasteiger partial charge < -0.3 is 20.5 Å². The molecule has 0 radical (unpaired) electrons. The molecule has 2 aliphatic rings. The number of carbonyl (C=O) groups excluding carboxylic acids is 1. The average Bonchev–Trinajstić information content (AvgIpc) is 2.75. The Morgan fingerprint density at radius 1 is 1.56 bits per heavy atom. The van der Waals surface area contributed by atoms with E-state index in [-0.39, 0.29) is 11.9 Å². The summed E-state index contributed by atoms with van der Waals surface area (Å²) in [6.45, 7) is 2.11. The molecule has 5 heteroatoms. The summed E-state index contributed by atoms with van der Waals surface area (Å²) in [7, 11) is 0. The maximum absolute atomic E-state index is 11.8. The van der Waals surface area contributed by atoms with Gasteiger partial charge in [-0.3, -0.25) is 4.79 Å². The highest BCUT2D eigenvalue weighted by atomic mass is 16.5. The number of ether oxygens (including phenoxy) is 1. The number of carbonyl (C=O) groups is 1. The molecule has 2 aliphatic heterocycles. The Morgan fingerprint density at radius 2 is 2.44 bits per heavy atom. The minimum atomic E-state index is -0.857. The normalized spacial score (nSPS) is 34.9. The van der Waals surface area contributed by atoms with Crippen molar-refractivity contribution in [1.29, 1.82) is 0 Å². The Balaban J connectivity index is 1.74. The van der Waals surface area contributed by atoms with E-state index in [1.165, 1.54) is 0 Å². The SMILES string of the molecule is O=C(NCC1(O)CCOC1)[C@@H]1CCCCN1. The second-order valence-electron chi connectivity index (χ2n) is 4.75. The van der Waals surface area contributed by atoms with E-state index in [1.54, 1.807) is 0 Å². The van der Waals surface area contributed by atoms with Crippen LogP contribution in [-0.4, -0.2) is 49.0 Å². The first-order valence-electron chi connectivity index (χ1n) is 6.01. The maximum Gasteiger partial charge on any atom is 0.237 e. The van der Waals surface area contributed by atoms with Crippen molar-refractivity contribution in [3.05, 3.63) is 0 Å². The van der Waals surface area contributed by atoms with Crippen molar-refractivity contribution in [2.75, 3.05) is 26.3 Å². The molecule has 0 saturated carbocycles. The summed E-state index contributed by atoms with van der Waals surface area (Å²) < 4.78 is 5.12. The van der Waals surface area contributed by atoms with Crippen LogP contribution in [0.5, 0.6) is 0 Å². The molecule has 92 valence electrons. The van der Waals surface area contributed by atoms with Gasteiger partial charge in [0.25, 0.3) is 0 Å². The van der Waals surface area contributed by atoms with Crippen molar-refractivity contribution < 1.29 is 14.6 Å². The molecule has 0 spiro atoms. The lowest BCUT2D eigenvalue weighted by molar-refractivity contribution is -0.124. The van der Waals surface area contributed by atoms with Crippen LogP contribution in [0.3, 0.4) is 0 Å². The number of aliphatic hydroxyl groups is 1. The monoisotopic (exact) mass is 228 g/mol. The Bertz CT molecular complexity index is 246. The molecule has 3 N–H and O–H groups in total. The van der Waals surface area contributed by atoms with Crippen molar-refractivity contribution in [3.63, 3.8) is 0 Å². The van der Waals surface area contributed by atoms with Crippen molar-refractivity contribution in [3.8, 4) is 0 Å².